The van der Waals surface area contributed by atoms with Crippen LogP contribution in [0.3, 0.4) is 0 Å². The van der Waals surface area contributed by atoms with E-state index in [9.17, 15) is 5.11 Å². The van der Waals surface area contributed by atoms with Crippen molar-refractivity contribution in [2.75, 3.05) is 0 Å². The molecule has 3 heterocycles. The molecule has 2 aromatic carbocycles. The first-order valence-electron chi connectivity index (χ1n) is 8.33. The molecular weight excluding hydrogens is 344 g/mol. The quantitative estimate of drug-likeness (QED) is 0.527. The third-order valence-electron chi connectivity index (χ3n) is 4.63. The maximum atomic E-state index is 9.99. The van der Waals surface area contributed by atoms with Gasteiger partial charge in [0.2, 0.25) is 0 Å². The zero-order valence-electron chi connectivity index (χ0n) is 14.1. The van der Waals surface area contributed by atoms with Gasteiger partial charge in [0.15, 0.2) is 4.96 Å². The van der Waals surface area contributed by atoms with Crippen molar-refractivity contribution >= 4 is 27.3 Å². The van der Waals surface area contributed by atoms with Gasteiger partial charge in [0.1, 0.15) is 0 Å². The molecule has 0 saturated heterocycles. The Morgan fingerprint density at radius 3 is 2.73 bits per heavy atom. The number of aliphatic hydroxyl groups is 1. The van der Waals surface area contributed by atoms with Crippen LogP contribution in [0.4, 0.5) is 0 Å². The molecule has 0 unspecified atom stereocenters. The molecule has 3 aromatic heterocycles. The third kappa shape index (κ3) is 2.27. The molecule has 128 valence electrons. The number of hydrogen-bond donors (Lipinski definition) is 1. The van der Waals surface area contributed by atoms with Crippen molar-refractivity contribution in [3.05, 3.63) is 66.7 Å². The first-order valence-corrected chi connectivity index (χ1v) is 9.15. The zero-order valence-corrected chi connectivity index (χ0v) is 14.9. The summed E-state index contributed by atoms with van der Waals surface area (Å²) >= 11 is 1.62. The van der Waals surface area contributed by atoms with Crippen LogP contribution < -0.4 is 0 Å². The van der Waals surface area contributed by atoms with Gasteiger partial charge < -0.3 is 9.67 Å². The van der Waals surface area contributed by atoms with Crippen molar-refractivity contribution in [2.24, 2.45) is 7.05 Å². The summed E-state index contributed by atoms with van der Waals surface area (Å²) in [5.41, 5.74) is 5.74. The normalized spacial score (nSPS) is 11.6. The van der Waals surface area contributed by atoms with E-state index >= 15 is 0 Å². The SMILES string of the molecule is Cn1cnc2cc(-c3nc4sc(-c5ccccc5)cn4c3CO)ccc21. The molecule has 0 saturated carbocycles. The molecule has 0 aliphatic carbocycles. The molecular formula is C20H16N4OS. The van der Waals surface area contributed by atoms with E-state index in [0.29, 0.717) is 0 Å². The number of rotatable bonds is 3. The van der Waals surface area contributed by atoms with Crippen molar-refractivity contribution in [3.63, 3.8) is 0 Å². The Hall–Kier alpha value is -2.96. The Labute approximate surface area is 153 Å². The second-order valence-corrected chi connectivity index (χ2v) is 7.25. The summed E-state index contributed by atoms with van der Waals surface area (Å²) in [4.78, 5) is 11.2. The van der Waals surface area contributed by atoms with Crippen LogP contribution >= 0.6 is 11.3 Å². The van der Waals surface area contributed by atoms with Gasteiger partial charge in [0, 0.05) is 18.8 Å². The fourth-order valence-electron chi connectivity index (χ4n) is 3.29. The van der Waals surface area contributed by atoms with Gasteiger partial charge in [-0.1, -0.05) is 47.7 Å². The number of aromatic nitrogens is 4. The molecule has 0 atom stereocenters. The van der Waals surface area contributed by atoms with Gasteiger partial charge in [0.05, 0.1) is 40.2 Å². The van der Waals surface area contributed by atoms with E-state index in [-0.39, 0.29) is 6.61 Å². The Kier molecular flexibility index (Phi) is 3.41. The summed E-state index contributed by atoms with van der Waals surface area (Å²) < 4.78 is 3.98. The molecule has 0 spiro atoms. The lowest BCUT2D eigenvalue weighted by Crippen LogP contribution is -1.92. The van der Waals surface area contributed by atoms with Crippen LogP contribution in [0, 0.1) is 0 Å². The standard InChI is InChI=1S/C20H16N4OS/c1-23-12-21-15-9-14(7-8-16(15)23)19-17(11-25)24-10-18(26-20(24)22-19)13-5-3-2-4-6-13/h2-10,12,25H,11H2,1H3. The zero-order chi connectivity index (χ0) is 17.7. The minimum Gasteiger partial charge on any atom is -0.390 e. The molecule has 5 aromatic rings. The maximum absolute atomic E-state index is 9.99. The topological polar surface area (TPSA) is 55.4 Å². The molecule has 26 heavy (non-hydrogen) atoms. The van der Waals surface area contributed by atoms with Crippen molar-refractivity contribution < 1.29 is 5.11 Å². The number of nitrogens with zero attached hydrogens (tertiary/aromatic N) is 4. The number of fused-ring (bicyclic) bond motifs is 2. The second-order valence-electron chi connectivity index (χ2n) is 6.24. The highest BCUT2D eigenvalue weighted by atomic mass is 32.1. The van der Waals surface area contributed by atoms with E-state index < -0.39 is 0 Å². The van der Waals surface area contributed by atoms with Crippen LogP contribution in [0.2, 0.25) is 0 Å². The molecule has 6 heteroatoms. The monoisotopic (exact) mass is 360 g/mol. The van der Waals surface area contributed by atoms with Crippen molar-refractivity contribution in [1.82, 2.24) is 18.9 Å². The Bertz CT molecular complexity index is 1230. The fraction of sp³-hybridized carbons (Fsp3) is 0.100. The van der Waals surface area contributed by atoms with Gasteiger partial charge in [-0.2, -0.15) is 0 Å². The van der Waals surface area contributed by atoms with Crippen LogP contribution in [0.1, 0.15) is 5.69 Å². The largest absolute Gasteiger partial charge is 0.390 e. The number of aryl methyl sites for hydroxylation is 1. The first kappa shape index (κ1) is 15.3. The molecule has 0 amide bonds. The molecule has 1 N–H and O–H groups in total. The van der Waals surface area contributed by atoms with Crippen LogP contribution in [0.15, 0.2) is 61.1 Å². The summed E-state index contributed by atoms with van der Waals surface area (Å²) in [6.45, 7) is -0.0677. The van der Waals surface area contributed by atoms with Crippen LogP contribution in [0.5, 0.6) is 0 Å². The molecule has 0 aliphatic rings. The molecule has 0 fully saturated rings. The Balaban J connectivity index is 1.66. The summed E-state index contributed by atoms with van der Waals surface area (Å²) in [6, 6.07) is 16.3. The van der Waals surface area contributed by atoms with Gasteiger partial charge in [-0.05, 0) is 17.7 Å². The van der Waals surface area contributed by atoms with E-state index in [2.05, 4.69) is 23.3 Å². The number of benzene rings is 2. The van der Waals surface area contributed by atoms with Gasteiger partial charge in [-0.25, -0.2) is 9.97 Å². The third-order valence-corrected chi connectivity index (χ3v) is 5.66. The molecule has 0 radical (unpaired) electrons. The average Bonchev–Trinajstić information content (AvgIpc) is 3.34. The minimum atomic E-state index is -0.0677. The first-order chi connectivity index (χ1) is 12.7. The lowest BCUT2D eigenvalue weighted by molar-refractivity contribution is 0.276. The van der Waals surface area contributed by atoms with Gasteiger partial charge in [-0.3, -0.25) is 4.40 Å². The summed E-state index contributed by atoms with van der Waals surface area (Å²) in [5.74, 6) is 0. The fourth-order valence-corrected chi connectivity index (χ4v) is 4.30. The smallest absolute Gasteiger partial charge is 0.195 e. The summed E-state index contributed by atoms with van der Waals surface area (Å²) in [6.07, 6.45) is 3.86. The number of thiazole rings is 1. The van der Waals surface area contributed by atoms with E-state index in [4.69, 9.17) is 4.98 Å². The lowest BCUT2D eigenvalue weighted by Gasteiger charge is -2.02. The van der Waals surface area contributed by atoms with Gasteiger partial charge in [0.25, 0.3) is 0 Å². The lowest BCUT2D eigenvalue weighted by atomic mass is 10.1. The van der Waals surface area contributed by atoms with Crippen molar-refractivity contribution in [2.45, 2.75) is 6.61 Å². The van der Waals surface area contributed by atoms with Gasteiger partial charge in [-0.15, -0.1) is 0 Å². The Morgan fingerprint density at radius 2 is 1.92 bits per heavy atom. The predicted molar refractivity (Wildman–Crippen MR) is 104 cm³/mol. The van der Waals surface area contributed by atoms with Gasteiger partial charge >= 0.3 is 0 Å². The summed E-state index contributed by atoms with van der Waals surface area (Å²) in [5, 5.41) is 9.99. The highest BCUT2D eigenvalue weighted by Gasteiger charge is 2.17. The summed E-state index contributed by atoms with van der Waals surface area (Å²) in [7, 11) is 1.98. The van der Waals surface area contributed by atoms with Crippen molar-refractivity contribution in [1.29, 1.82) is 0 Å². The highest BCUT2D eigenvalue weighted by molar-refractivity contribution is 7.20. The highest BCUT2D eigenvalue weighted by Crippen LogP contribution is 2.34. The molecule has 0 bridgehead atoms. The second kappa shape index (κ2) is 5.79. The number of imidazole rings is 2. The van der Waals surface area contributed by atoms with Crippen molar-refractivity contribution in [3.8, 4) is 21.7 Å². The maximum Gasteiger partial charge on any atom is 0.195 e. The molecule has 5 nitrogen and oxygen atoms in total. The van der Waals surface area contributed by atoms with Crippen LogP contribution in [-0.4, -0.2) is 24.0 Å². The molecule has 0 aliphatic heterocycles. The van der Waals surface area contributed by atoms with E-state index in [0.717, 1.165) is 43.4 Å². The van der Waals surface area contributed by atoms with E-state index in [1.165, 1.54) is 0 Å². The number of aliphatic hydroxyl groups excluding tert-OH is 1. The number of hydrogen-bond acceptors (Lipinski definition) is 4. The van der Waals surface area contributed by atoms with E-state index in [1.54, 1.807) is 17.7 Å². The molecule has 5 rings (SSSR count). The van der Waals surface area contributed by atoms with E-state index in [1.807, 2.05) is 52.4 Å². The average molecular weight is 360 g/mol. The van der Waals surface area contributed by atoms with Crippen LogP contribution in [0.25, 0.3) is 37.7 Å². The predicted octanol–water partition coefficient (Wildman–Crippen LogP) is 4.11. The Morgan fingerprint density at radius 1 is 1.08 bits per heavy atom. The minimum absolute atomic E-state index is 0.0677. The van der Waals surface area contributed by atoms with Crippen LogP contribution in [-0.2, 0) is 13.7 Å².